The molecule has 0 aliphatic carbocycles. The summed E-state index contributed by atoms with van der Waals surface area (Å²) >= 11 is 1.35. The van der Waals surface area contributed by atoms with Crippen molar-refractivity contribution < 1.29 is 9.59 Å². The van der Waals surface area contributed by atoms with Crippen LogP contribution in [-0.4, -0.2) is 33.8 Å². The quantitative estimate of drug-likeness (QED) is 0.520. The van der Waals surface area contributed by atoms with E-state index in [1.807, 2.05) is 38.1 Å². The molecule has 1 aromatic heterocycles. The SMILES string of the molecule is CC(=O)c1cc(/C=N/N=C2/SCC(=O)N2c2ccc(C)cc2)[nH]c1C. The molecule has 3 rings (SSSR count). The molecule has 1 N–H and O–H groups in total. The van der Waals surface area contributed by atoms with Gasteiger partial charge in [0.25, 0.3) is 0 Å². The number of amides is 1. The number of amidine groups is 1. The van der Waals surface area contributed by atoms with E-state index in [2.05, 4.69) is 15.2 Å². The molecule has 0 bridgehead atoms. The third-order valence-corrected chi connectivity index (χ3v) is 4.73. The lowest BCUT2D eigenvalue weighted by molar-refractivity contribution is -0.115. The first-order valence-corrected chi connectivity index (χ1v) is 8.78. The number of nitrogens with zero attached hydrogens (tertiary/aromatic N) is 3. The third-order valence-electron chi connectivity index (χ3n) is 3.81. The van der Waals surface area contributed by atoms with E-state index in [1.54, 1.807) is 17.2 Å². The summed E-state index contributed by atoms with van der Waals surface area (Å²) < 4.78 is 0. The minimum absolute atomic E-state index is 0.00204. The van der Waals surface area contributed by atoms with Crippen LogP contribution < -0.4 is 4.90 Å². The van der Waals surface area contributed by atoms with Gasteiger partial charge in [0.2, 0.25) is 5.91 Å². The van der Waals surface area contributed by atoms with Crippen molar-refractivity contribution in [3.63, 3.8) is 0 Å². The van der Waals surface area contributed by atoms with Crippen molar-refractivity contribution in [3.8, 4) is 0 Å². The van der Waals surface area contributed by atoms with Gasteiger partial charge in [-0.3, -0.25) is 14.5 Å². The standard InChI is InChI=1S/C18H18N4O2S/c1-11-4-6-15(7-5-11)22-17(24)10-25-18(22)21-19-9-14-8-16(13(3)23)12(2)20-14/h4-9,20H,10H2,1-3H3/b19-9+,21-18+. The number of aromatic nitrogens is 1. The summed E-state index contributed by atoms with van der Waals surface area (Å²) in [6, 6.07) is 9.44. The highest BCUT2D eigenvalue weighted by Crippen LogP contribution is 2.27. The maximum Gasteiger partial charge on any atom is 0.243 e. The Balaban J connectivity index is 1.82. The molecule has 1 fully saturated rings. The number of Topliss-reactive ketones (excluding diaryl/α,β-unsaturated/α-hetero) is 1. The smallest absolute Gasteiger partial charge is 0.243 e. The van der Waals surface area contributed by atoms with Crippen LogP contribution in [0.3, 0.4) is 0 Å². The maximum absolute atomic E-state index is 12.2. The number of benzene rings is 1. The number of ketones is 1. The van der Waals surface area contributed by atoms with Gasteiger partial charge in [-0.2, -0.15) is 5.10 Å². The lowest BCUT2D eigenvalue weighted by Crippen LogP contribution is -2.28. The molecule has 128 valence electrons. The zero-order valence-corrected chi connectivity index (χ0v) is 15.1. The van der Waals surface area contributed by atoms with Crippen LogP contribution in [0, 0.1) is 13.8 Å². The minimum atomic E-state index is -0.0163. The zero-order valence-electron chi connectivity index (χ0n) is 14.2. The van der Waals surface area contributed by atoms with E-state index in [1.165, 1.54) is 18.7 Å². The van der Waals surface area contributed by atoms with Crippen molar-refractivity contribution in [3.05, 3.63) is 52.8 Å². The summed E-state index contributed by atoms with van der Waals surface area (Å²) in [6.45, 7) is 5.36. The van der Waals surface area contributed by atoms with Crippen molar-refractivity contribution in [2.24, 2.45) is 10.2 Å². The summed E-state index contributed by atoms with van der Waals surface area (Å²) in [5.74, 6) is 0.331. The Kier molecular flexibility index (Phi) is 4.85. The van der Waals surface area contributed by atoms with Gasteiger partial charge in [-0.25, -0.2) is 0 Å². The van der Waals surface area contributed by atoms with Crippen LogP contribution in [0.2, 0.25) is 0 Å². The Labute approximate surface area is 150 Å². The van der Waals surface area contributed by atoms with Crippen LogP contribution in [0.1, 0.15) is 34.2 Å². The highest BCUT2D eigenvalue weighted by atomic mass is 32.2. The molecule has 6 nitrogen and oxygen atoms in total. The Morgan fingerprint density at radius 2 is 2.00 bits per heavy atom. The average molecular weight is 354 g/mol. The number of thioether (sulfide) groups is 1. The second-order valence-electron chi connectivity index (χ2n) is 5.80. The molecule has 7 heteroatoms. The van der Waals surface area contributed by atoms with Gasteiger partial charge in [-0.1, -0.05) is 29.5 Å². The fourth-order valence-electron chi connectivity index (χ4n) is 2.54. The lowest BCUT2D eigenvalue weighted by atomic mass is 10.2. The minimum Gasteiger partial charge on any atom is -0.357 e. The van der Waals surface area contributed by atoms with E-state index >= 15 is 0 Å². The fraction of sp³-hybridized carbons (Fsp3) is 0.222. The largest absolute Gasteiger partial charge is 0.357 e. The Bertz CT molecular complexity index is 881. The number of H-pyrrole nitrogens is 1. The number of aromatic amines is 1. The van der Waals surface area contributed by atoms with Gasteiger partial charge in [0.05, 0.1) is 23.3 Å². The van der Waals surface area contributed by atoms with Crippen molar-refractivity contribution in [1.82, 2.24) is 4.98 Å². The number of aryl methyl sites for hydroxylation is 2. The summed E-state index contributed by atoms with van der Waals surface area (Å²) in [7, 11) is 0. The van der Waals surface area contributed by atoms with Gasteiger partial charge in [0.15, 0.2) is 11.0 Å². The molecular weight excluding hydrogens is 336 g/mol. The first-order valence-electron chi connectivity index (χ1n) is 7.79. The highest BCUT2D eigenvalue weighted by Gasteiger charge is 2.29. The number of carbonyl (C=O) groups is 2. The first kappa shape index (κ1) is 17.2. The van der Waals surface area contributed by atoms with E-state index in [-0.39, 0.29) is 11.7 Å². The van der Waals surface area contributed by atoms with Crippen molar-refractivity contribution >= 4 is 40.5 Å². The summed E-state index contributed by atoms with van der Waals surface area (Å²) in [5.41, 5.74) is 4.05. The number of hydrogen-bond donors (Lipinski definition) is 1. The second kappa shape index (κ2) is 7.06. The molecule has 25 heavy (non-hydrogen) atoms. The lowest BCUT2D eigenvalue weighted by Gasteiger charge is -2.15. The topological polar surface area (TPSA) is 77.9 Å². The molecule has 2 heterocycles. The van der Waals surface area contributed by atoms with E-state index in [9.17, 15) is 9.59 Å². The van der Waals surface area contributed by atoms with E-state index in [0.29, 0.717) is 22.2 Å². The molecule has 2 aromatic rings. The summed E-state index contributed by atoms with van der Waals surface area (Å²) in [5, 5.41) is 8.79. The molecule has 1 saturated heterocycles. The molecule has 0 unspecified atom stereocenters. The summed E-state index contributed by atoms with van der Waals surface area (Å²) in [6.07, 6.45) is 1.54. The second-order valence-corrected chi connectivity index (χ2v) is 6.74. The van der Waals surface area contributed by atoms with Gasteiger partial charge in [0, 0.05) is 11.3 Å². The van der Waals surface area contributed by atoms with E-state index in [4.69, 9.17) is 0 Å². The molecule has 1 aliphatic heterocycles. The number of rotatable bonds is 4. The van der Waals surface area contributed by atoms with E-state index < -0.39 is 0 Å². The first-order chi connectivity index (χ1) is 12.0. The maximum atomic E-state index is 12.2. The molecule has 0 saturated carbocycles. The highest BCUT2D eigenvalue weighted by molar-refractivity contribution is 8.15. The Morgan fingerprint density at radius 1 is 1.28 bits per heavy atom. The van der Waals surface area contributed by atoms with Crippen LogP contribution in [0.4, 0.5) is 5.69 Å². The molecule has 0 radical (unpaired) electrons. The van der Waals surface area contributed by atoms with E-state index in [0.717, 1.165) is 16.9 Å². The predicted molar refractivity (Wildman–Crippen MR) is 102 cm³/mol. The zero-order chi connectivity index (χ0) is 18.0. The molecular formula is C18H18N4O2S. The molecule has 0 spiro atoms. The molecule has 1 aromatic carbocycles. The van der Waals surface area contributed by atoms with Crippen molar-refractivity contribution in [2.45, 2.75) is 20.8 Å². The van der Waals surface area contributed by atoms with Crippen molar-refractivity contribution in [2.75, 3.05) is 10.7 Å². The Hall–Kier alpha value is -2.67. The van der Waals surface area contributed by atoms with Gasteiger partial charge < -0.3 is 4.98 Å². The number of nitrogens with one attached hydrogen (secondary N) is 1. The molecule has 0 atom stereocenters. The average Bonchev–Trinajstić information content (AvgIpc) is 3.12. The number of hydrogen-bond acceptors (Lipinski definition) is 5. The molecule has 1 aliphatic rings. The number of anilines is 1. The van der Waals surface area contributed by atoms with Crippen LogP contribution in [0.15, 0.2) is 40.5 Å². The van der Waals surface area contributed by atoms with Gasteiger partial charge >= 0.3 is 0 Å². The normalized spacial score (nSPS) is 16.4. The Morgan fingerprint density at radius 3 is 2.64 bits per heavy atom. The van der Waals surface area contributed by atoms with Crippen LogP contribution in [-0.2, 0) is 4.79 Å². The third kappa shape index (κ3) is 3.71. The monoisotopic (exact) mass is 354 g/mol. The molecule has 1 amide bonds. The van der Waals surface area contributed by atoms with Gasteiger partial charge in [0.1, 0.15) is 0 Å². The predicted octanol–water partition coefficient (Wildman–Crippen LogP) is 3.30. The number of carbonyl (C=O) groups excluding carboxylic acids is 2. The fourth-order valence-corrected chi connectivity index (χ4v) is 3.37. The van der Waals surface area contributed by atoms with Crippen molar-refractivity contribution in [1.29, 1.82) is 0 Å². The van der Waals surface area contributed by atoms with Gasteiger partial charge in [-0.15, -0.1) is 5.10 Å². The summed E-state index contributed by atoms with van der Waals surface area (Å²) in [4.78, 5) is 28.3. The van der Waals surface area contributed by atoms with Crippen LogP contribution in [0.5, 0.6) is 0 Å². The van der Waals surface area contributed by atoms with Crippen LogP contribution >= 0.6 is 11.8 Å². The van der Waals surface area contributed by atoms with Gasteiger partial charge in [-0.05, 0) is 39.0 Å². The van der Waals surface area contributed by atoms with Crippen LogP contribution in [0.25, 0.3) is 0 Å².